The molecule has 3 rings (SSSR count). The van der Waals surface area contributed by atoms with E-state index in [9.17, 15) is 0 Å². The molecule has 2 atom stereocenters. The number of nitrogens with zero attached hydrogens (tertiary/aromatic N) is 1. The predicted molar refractivity (Wildman–Crippen MR) is 68.5 cm³/mol. The predicted octanol–water partition coefficient (Wildman–Crippen LogP) is 1.53. The number of benzene rings is 1. The van der Waals surface area contributed by atoms with Gasteiger partial charge in [0.25, 0.3) is 0 Å². The van der Waals surface area contributed by atoms with Gasteiger partial charge < -0.3 is 16.0 Å². The van der Waals surface area contributed by atoms with E-state index in [0.717, 1.165) is 24.0 Å². The van der Waals surface area contributed by atoms with Crippen LogP contribution in [-0.4, -0.2) is 22.1 Å². The lowest BCUT2D eigenvalue weighted by Gasteiger charge is -2.17. The summed E-state index contributed by atoms with van der Waals surface area (Å²) >= 11 is 0. The van der Waals surface area contributed by atoms with Crippen LogP contribution in [0.5, 0.6) is 0 Å². The lowest BCUT2D eigenvalue weighted by atomic mass is 10.1. The number of H-pyrrole nitrogens is 1. The van der Waals surface area contributed by atoms with Crippen LogP contribution in [0.15, 0.2) is 24.5 Å². The fourth-order valence-electron chi connectivity index (χ4n) is 2.58. The molecule has 2 aromatic rings. The maximum absolute atomic E-state index is 6.04. The minimum absolute atomic E-state index is 0.325. The number of rotatable bonds is 3. The zero-order valence-corrected chi connectivity index (χ0v) is 9.82. The first-order valence-corrected chi connectivity index (χ1v) is 6.24. The lowest BCUT2D eigenvalue weighted by Crippen LogP contribution is -2.40. The highest BCUT2D eigenvalue weighted by atomic mass is 15.0. The van der Waals surface area contributed by atoms with Gasteiger partial charge in [0.2, 0.25) is 0 Å². The molecule has 17 heavy (non-hydrogen) atoms. The molecular weight excluding hydrogens is 212 g/mol. The van der Waals surface area contributed by atoms with E-state index in [1.807, 2.05) is 0 Å². The SMILES string of the molecule is NC1CCCC1NCc1ccc2nc[nH]c2c1. The fraction of sp³-hybridized carbons (Fsp3) is 0.462. The molecule has 0 spiro atoms. The van der Waals surface area contributed by atoms with Crippen molar-refractivity contribution in [1.29, 1.82) is 0 Å². The molecule has 0 aliphatic heterocycles. The van der Waals surface area contributed by atoms with Gasteiger partial charge in [-0.15, -0.1) is 0 Å². The number of nitrogens with two attached hydrogens (primary N) is 1. The summed E-state index contributed by atoms with van der Waals surface area (Å²) in [6.07, 6.45) is 5.33. The third kappa shape index (κ3) is 2.18. The third-order valence-corrected chi connectivity index (χ3v) is 3.62. The molecule has 4 N–H and O–H groups in total. The van der Waals surface area contributed by atoms with Crippen molar-refractivity contribution in [1.82, 2.24) is 15.3 Å². The first kappa shape index (κ1) is 10.7. The van der Waals surface area contributed by atoms with E-state index in [1.54, 1.807) is 6.33 Å². The standard InChI is InChI=1S/C13H18N4/c14-10-2-1-3-11(10)15-7-9-4-5-12-13(6-9)17-8-16-12/h4-6,8,10-11,15H,1-3,7,14H2,(H,16,17). The molecular formula is C13H18N4. The zero-order valence-electron chi connectivity index (χ0n) is 9.82. The summed E-state index contributed by atoms with van der Waals surface area (Å²) in [7, 11) is 0. The number of nitrogens with one attached hydrogen (secondary N) is 2. The van der Waals surface area contributed by atoms with Crippen LogP contribution in [0.2, 0.25) is 0 Å². The summed E-state index contributed by atoms with van der Waals surface area (Å²) in [5, 5.41) is 3.55. The molecule has 1 fully saturated rings. The van der Waals surface area contributed by atoms with E-state index < -0.39 is 0 Å². The van der Waals surface area contributed by atoms with Crippen molar-refractivity contribution in [3.8, 4) is 0 Å². The highest BCUT2D eigenvalue weighted by Crippen LogP contribution is 2.18. The van der Waals surface area contributed by atoms with E-state index in [-0.39, 0.29) is 0 Å². The molecule has 0 amide bonds. The second-order valence-corrected chi connectivity index (χ2v) is 4.84. The molecule has 2 unspecified atom stereocenters. The quantitative estimate of drug-likeness (QED) is 0.749. The van der Waals surface area contributed by atoms with Gasteiger partial charge in [0.15, 0.2) is 0 Å². The van der Waals surface area contributed by atoms with Crippen LogP contribution in [0, 0.1) is 0 Å². The molecule has 1 aliphatic carbocycles. The molecule has 0 bridgehead atoms. The van der Waals surface area contributed by atoms with E-state index >= 15 is 0 Å². The number of hydrogen-bond donors (Lipinski definition) is 3. The highest BCUT2D eigenvalue weighted by molar-refractivity contribution is 5.74. The molecule has 1 aliphatic rings. The third-order valence-electron chi connectivity index (χ3n) is 3.62. The summed E-state index contributed by atoms with van der Waals surface area (Å²) in [5.74, 6) is 0. The van der Waals surface area contributed by atoms with Crippen LogP contribution in [0.1, 0.15) is 24.8 Å². The smallest absolute Gasteiger partial charge is 0.0931 e. The summed E-state index contributed by atoms with van der Waals surface area (Å²) < 4.78 is 0. The Kier molecular flexibility index (Phi) is 2.82. The maximum atomic E-state index is 6.04. The van der Waals surface area contributed by atoms with E-state index in [0.29, 0.717) is 12.1 Å². The van der Waals surface area contributed by atoms with Crippen molar-refractivity contribution in [2.24, 2.45) is 5.73 Å². The first-order chi connectivity index (χ1) is 8.33. The normalized spacial score (nSPS) is 24.5. The topological polar surface area (TPSA) is 66.7 Å². The Bertz CT molecular complexity index is 505. The lowest BCUT2D eigenvalue weighted by molar-refractivity contribution is 0.475. The van der Waals surface area contributed by atoms with Crippen molar-refractivity contribution >= 4 is 11.0 Å². The van der Waals surface area contributed by atoms with Crippen LogP contribution < -0.4 is 11.1 Å². The monoisotopic (exact) mass is 230 g/mol. The number of aromatic nitrogens is 2. The second kappa shape index (κ2) is 4.47. The van der Waals surface area contributed by atoms with Crippen molar-refractivity contribution in [3.05, 3.63) is 30.1 Å². The van der Waals surface area contributed by atoms with Gasteiger partial charge in [-0.05, 0) is 30.5 Å². The number of fused-ring (bicyclic) bond motifs is 1. The van der Waals surface area contributed by atoms with Crippen molar-refractivity contribution in [2.75, 3.05) is 0 Å². The van der Waals surface area contributed by atoms with Gasteiger partial charge >= 0.3 is 0 Å². The number of hydrogen-bond acceptors (Lipinski definition) is 3. The minimum atomic E-state index is 0.325. The average molecular weight is 230 g/mol. The minimum Gasteiger partial charge on any atom is -0.345 e. The average Bonchev–Trinajstić information content (AvgIpc) is 2.94. The highest BCUT2D eigenvalue weighted by Gasteiger charge is 2.22. The van der Waals surface area contributed by atoms with E-state index in [4.69, 9.17) is 5.73 Å². The summed E-state index contributed by atoms with van der Waals surface area (Å²) in [4.78, 5) is 7.35. The fourth-order valence-corrected chi connectivity index (χ4v) is 2.58. The molecule has 0 radical (unpaired) electrons. The Labute approximate surface area is 101 Å². The van der Waals surface area contributed by atoms with Gasteiger partial charge in [-0.2, -0.15) is 0 Å². The van der Waals surface area contributed by atoms with Gasteiger partial charge in [-0.3, -0.25) is 0 Å². The molecule has 1 heterocycles. The van der Waals surface area contributed by atoms with Gasteiger partial charge in [0.1, 0.15) is 0 Å². The van der Waals surface area contributed by atoms with Crippen molar-refractivity contribution in [3.63, 3.8) is 0 Å². The summed E-state index contributed by atoms with van der Waals surface area (Å²) in [6, 6.07) is 7.13. The van der Waals surface area contributed by atoms with Crippen molar-refractivity contribution < 1.29 is 0 Å². The van der Waals surface area contributed by atoms with Crippen LogP contribution in [0.3, 0.4) is 0 Å². The largest absolute Gasteiger partial charge is 0.345 e. The zero-order chi connectivity index (χ0) is 11.7. The molecule has 1 saturated carbocycles. The Morgan fingerprint density at radius 3 is 3.18 bits per heavy atom. The molecule has 4 heteroatoms. The molecule has 0 saturated heterocycles. The molecule has 4 nitrogen and oxygen atoms in total. The number of imidazole rings is 1. The van der Waals surface area contributed by atoms with Gasteiger partial charge in [0, 0.05) is 18.6 Å². The Morgan fingerprint density at radius 1 is 1.41 bits per heavy atom. The summed E-state index contributed by atoms with van der Waals surface area (Å²) in [6.45, 7) is 0.882. The molecule has 1 aromatic carbocycles. The van der Waals surface area contributed by atoms with E-state index in [1.165, 1.54) is 18.4 Å². The van der Waals surface area contributed by atoms with Gasteiger partial charge in [-0.25, -0.2) is 4.98 Å². The number of aromatic amines is 1. The van der Waals surface area contributed by atoms with E-state index in [2.05, 4.69) is 33.5 Å². The second-order valence-electron chi connectivity index (χ2n) is 4.84. The van der Waals surface area contributed by atoms with Crippen LogP contribution in [0.25, 0.3) is 11.0 Å². The van der Waals surface area contributed by atoms with Gasteiger partial charge in [-0.1, -0.05) is 12.5 Å². The van der Waals surface area contributed by atoms with Crippen LogP contribution in [-0.2, 0) is 6.54 Å². The first-order valence-electron chi connectivity index (χ1n) is 6.24. The van der Waals surface area contributed by atoms with Crippen molar-refractivity contribution in [2.45, 2.75) is 37.9 Å². The van der Waals surface area contributed by atoms with Crippen LogP contribution in [0.4, 0.5) is 0 Å². The Hall–Kier alpha value is -1.39. The van der Waals surface area contributed by atoms with Gasteiger partial charge in [0.05, 0.1) is 17.4 Å². The maximum Gasteiger partial charge on any atom is 0.0931 e. The summed E-state index contributed by atoms with van der Waals surface area (Å²) in [5.41, 5.74) is 9.43. The molecule has 1 aromatic heterocycles. The molecule has 90 valence electrons. The Balaban J connectivity index is 1.67. The Morgan fingerprint density at radius 2 is 2.35 bits per heavy atom. The van der Waals surface area contributed by atoms with Crippen LogP contribution >= 0.6 is 0 Å².